The summed E-state index contributed by atoms with van der Waals surface area (Å²) in [6, 6.07) is 0. The van der Waals surface area contributed by atoms with Gasteiger partial charge in [-0.2, -0.15) is 0 Å². The highest BCUT2D eigenvalue weighted by molar-refractivity contribution is 5.04. The molecule has 0 saturated carbocycles. The summed E-state index contributed by atoms with van der Waals surface area (Å²) in [5, 5.41) is 11.8. The first-order chi connectivity index (χ1) is 7.45. The largest absolute Gasteiger partial charge is 0.381 e. The molecule has 1 unspecified atom stereocenters. The number of nitrogens with one attached hydrogen (secondary N) is 1. The molecule has 1 fully saturated rings. The zero-order chi connectivity index (χ0) is 10.1. The number of ether oxygens (including phenoxy) is 1. The van der Waals surface area contributed by atoms with Crippen molar-refractivity contribution in [2.75, 3.05) is 19.8 Å². The molecular formula is C10H16N4O. The summed E-state index contributed by atoms with van der Waals surface area (Å²) in [7, 11) is 0. The minimum Gasteiger partial charge on any atom is -0.381 e. The molecule has 15 heavy (non-hydrogen) atoms. The lowest BCUT2D eigenvalue weighted by Crippen LogP contribution is -2.30. The van der Waals surface area contributed by atoms with E-state index in [4.69, 9.17) is 4.74 Å². The first kappa shape index (κ1) is 9.30. The Morgan fingerprint density at radius 2 is 2.40 bits per heavy atom. The van der Waals surface area contributed by atoms with Crippen LogP contribution in [0.1, 0.15) is 30.4 Å². The predicted octanol–water partition coefficient (Wildman–Crippen LogP) is 0.275. The third-order valence-corrected chi connectivity index (χ3v) is 3.18. The van der Waals surface area contributed by atoms with Crippen LogP contribution in [0, 0.1) is 0 Å². The van der Waals surface area contributed by atoms with E-state index in [0.717, 1.165) is 50.9 Å². The lowest BCUT2D eigenvalue weighted by molar-refractivity contribution is 0.0767. The first-order valence-electron chi connectivity index (χ1n) is 5.65. The van der Waals surface area contributed by atoms with Crippen LogP contribution >= 0.6 is 0 Å². The molecule has 2 aliphatic rings. The van der Waals surface area contributed by atoms with Gasteiger partial charge in [-0.05, 0) is 12.8 Å². The fourth-order valence-corrected chi connectivity index (χ4v) is 2.36. The Labute approximate surface area is 88.8 Å². The van der Waals surface area contributed by atoms with Gasteiger partial charge < -0.3 is 14.6 Å². The molecule has 5 heteroatoms. The van der Waals surface area contributed by atoms with E-state index in [1.807, 2.05) is 0 Å². The molecule has 3 rings (SSSR count). The fourth-order valence-electron chi connectivity index (χ4n) is 2.36. The van der Waals surface area contributed by atoms with Crippen LogP contribution in [0.2, 0.25) is 0 Å². The maximum atomic E-state index is 5.50. The van der Waals surface area contributed by atoms with Crippen LogP contribution in [0.5, 0.6) is 0 Å². The molecule has 0 radical (unpaired) electrons. The number of rotatable bonds is 1. The predicted molar refractivity (Wildman–Crippen MR) is 54.5 cm³/mol. The van der Waals surface area contributed by atoms with Gasteiger partial charge in [-0.15, -0.1) is 10.2 Å². The lowest BCUT2D eigenvalue weighted by Gasteiger charge is -2.23. The smallest absolute Gasteiger partial charge is 0.147 e. The summed E-state index contributed by atoms with van der Waals surface area (Å²) in [6.45, 7) is 4.57. The molecule has 0 aliphatic carbocycles. The van der Waals surface area contributed by atoms with E-state index in [1.165, 1.54) is 6.42 Å². The molecule has 0 amide bonds. The van der Waals surface area contributed by atoms with Crippen molar-refractivity contribution in [3.8, 4) is 0 Å². The molecular weight excluding hydrogens is 192 g/mol. The number of hydrogen-bond acceptors (Lipinski definition) is 4. The molecule has 2 aliphatic heterocycles. The molecule has 0 spiro atoms. The van der Waals surface area contributed by atoms with Crippen LogP contribution < -0.4 is 5.32 Å². The fraction of sp³-hybridized carbons (Fsp3) is 0.800. The van der Waals surface area contributed by atoms with Gasteiger partial charge in [0.1, 0.15) is 11.6 Å². The highest BCUT2D eigenvalue weighted by Crippen LogP contribution is 2.24. The monoisotopic (exact) mass is 208 g/mol. The minimum absolute atomic E-state index is 0.457. The van der Waals surface area contributed by atoms with Crippen LogP contribution in [0.3, 0.4) is 0 Å². The SMILES string of the molecule is C1COCC(c2nnc3n2CCNC3)C1. The third kappa shape index (κ3) is 1.66. The van der Waals surface area contributed by atoms with Crippen molar-refractivity contribution in [1.29, 1.82) is 0 Å². The highest BCUT2D eigenvalue weighted by Gasteiger charge is 2.24. The maximum Gasteiger partial charge on any atom is 0.147 e. The molecule has 1 atom stereocenters. The van der Waals surface area contributed by atoms with Crippen molar-refractivity contribution in [3.63, 3.8) is 0 Å². The molecule has 1 saturated heterocycles. The van der Waals surface area contributed by atoms with E-state index >= 15 is 0 Å². The number of hydrogen-bond donors (Lipinski definition) is 1. The quantitative estimate of drug-likeness (QED) is 0.720. The van der Waals surface area contributed by atoms with E-state index in [1.54, 1.807) is 0 Å². The molecule has 1 aromatic rings. The average molecular weight is 208 g/mol. The number of aromatic nitrogens is 3. The van der Waals surface area contributed by atoms with Crippen LogP contribution in [-0.2, 0) is 17.8 Å². The summed E-state index contributed by atoms with van der Waals surface area (Å²) in [5.74, 6) is 2.66. The van der Waals surface area contributed by atoms with Crippen molar-refractivity contribution >= 4 is 0 Å². The summed E-state index contributed by atoms with van der Waals surface area (Å²) in [6.07, 6.45) is 2.33. The maximum absolute atomic E-state index is 5.50. The van der Waals surface area contributed by atoms with Gasteiger partial charge in [-0.25, -0.2) is 0 Å². The van der Waals surface area contributed by atoms with Crippen molar-refractivity contribution in [2.24, 2.45) is 0 Å². The summed E-state index contributed by atoms with van der Waals surface area (Å²) < 4.78 is 7.76. The van der Waals surface area contributed by atoms with Crippen molar-refractivity contribution in [3.05, 3.63) is 11.6 Å². The van der Waals surface area contributed by atoms with E-state index < -0.39 is 0 Å². The standard InChI is InChI=1S/C10H16N4O/c1-2-8(7-15-5-1)10-13-12-9-6-11-3-4-14(9)10/h8,11H,1-7H2. The molecule has 1 aromatic heterocycles. The van der Waals surface area contributed by atoms with Gasteiger partial charge in [0.05, 0.1) is 13.2 Å². The Hall–Kier alpha value is -0.940. The van der Waals surface area contributed by atoms with Gasteiger partial charge in [0, 0.05) is 25.6 Å². The Morgan fingerprint density at radius 3 is 3.27 bits per heavy atom. The Kier molecular flexibility index (Phi) is 2.42. The van der Waals surface area contributed by atoms with Gasteiger partial charge in [-0.3, -0.25) is 0 Å². The van der Waals surface area contributed by atoms with Crippen LogP contribution in [-0.4, -0.2) is 34.5 Å². The van der Waals surface area contributed by atoms with Crippen LogP contribution in [0.4, 0.5) is 0 Å². The normalized spacial score (nSPS) is 26.3. The van der Waals surface area contributed by atoms with Crippen LogP contribution in [0.15, 0.2) is 0 Å². The van der Waals surface area contributed by atoms with Crippen molar-refractivity contribution in [1.82, 2.24) is 20.1 Å². The Bertz CT molecular complexity index is 343. The molecule has 1 N–H and O–H groups in total. The van der Waals surface area contributed by atoms with E-state index in [9.17, 15) is 0 Å². The zero-order valence-electron chi connectivity index (χ0n) is 8.78. The minimum atomic E-state index is 0.457. The highest BCUT2D eigenvalue weighted by atomic mass is 16.5. The van der Waals surface area contributed by atoms with Crippen LogP contribution in [0.25, 0.3) is 0 Å². The van der Waals surface area contributed by atoms with Gasteiger partial charge in [0.15, 0.2) is 0 Å². The topological polar surface area (TPSA) is 52.0 Å². The van der Waals surface area contributed by atoms with Gasteiger partial charge in [0.25, 0.3) is 0 Å². The second kappa shape index (κ2) is 3.90. The first-order valence-corrected chi connectivity index (χ1v) is 5.65. The molecule has 0 aromatic carbocycles. The second-order valence-electron chi connectivity index (χ2n) is 4.22. The lowest BCUT2D eigenvalue weighted by atomic mass is 10.0. The second-order valence-corrected chi connectivity index (χ2v) is 4.22. The van der Waals surface area contributed by atoms with Gasteiger partial charge in [-0.1, -0.05) is 0 Å². The molecule has 0 bridgehead atoms. The van der Waals surface area contributed by atoms with E-state index in [-0.39, 0.29) is 0 Å². The summed E-state index contributed by atoms with van der Waals surface area (Å²) >= 11 is 0. The molecule has 5 nitrogen and oxygen atoms in total. The van der Waals surface area contributed by atoms with Crippen molar-refractivity contribution in [2.45, 2.75) is 31.8 Å². The molecule has 3 heterocycles. The summed E-state index contributed by atoms with van der Waals surface area (Å²) in [5.41, 5.74) is 0. The number of fused-ring (bicyclic) bond motifs is 1. The molecule has 82 valence electrons. The third-order valence-electron chi connectivity index (χ3n) is 3.18. The van der Waals surface area contributed by atoms with Gasteiger partial charge >= 0.3 is 0 Å². The number of nitrogens with zero attached hydrogens (tertiary/aromatic N) is 3. The van der Waals surface area contributed by atoms with Gasteiger partial charge in [0.2, 0.25) is 0 Å². The zero-order valence-corrected chi connectivity index (χ0v) is 8.78. The van der Waals surface area contributed by atoms with E-state index in [2.05, 4.69) is 20.1 Å². The Morgan fingerprint density at radius 1 is 1.40 bits per heavy atom. The summed E-state index contributed by atoms with van der Waals surface area (Å²) in [4.78, 5) is 0. The average Bonchev–Trinajstić information content (AvgIpc) is 2.74. The van der Waals surface area contributed by atoms with Crippen molar-refractivity contribution < 1.29 is 4.74 Å². The van der Waals surface area contributed by atoms with E-state index in [0.29, 0.717) is 5.92 Å². The Balaban J connectivity index is 1.87.